The molecule has 16 heteroatoms. The summed E-state index contributed by atoms with van der Waals surface area (Å²) in [6, 6.07) is 8.21. The molecule has 244 valence electrons. The van der Waals surface area contributed by atoms with Crippen molar-refractivity contribution in [1.82, 2.24) is 0 Å². The monoisotopic (exact) mass is 626 g/mol. The molecule has 16 nitrogen and oxygen atoms in total. The van der Waals surface area contributed by atoms with Gasteiger partial charge in [-0.15, -0.1) is 0 Å². The van der Waals surface area contributed by atoms with Crippen molar-refractivity contribution in [2.24, 2.45) is 0 Å². The van der Waals surface area contributed by atoms with E-state index >= 15 is 0 Å². The van der Waals surface area contributed by atoms with Crippen LogP contribution in [0.3, 0.4) is 0 Å². The number of non-ortho nitro benzene ring substituents is 2. The van der Waals surface area contributed by atoms with Crippen molar-refractivity contribution in [3.8, 4) is 23.0 Å². The lowest BCUT2D eigenvalue weighted by atomic mass is 10.3. The van der Waals surface area contributed by atoms with Crippen LogP contribution in [0.25, 0.3) is 0 Å². The molecule has 0 unspecified atom stereocenters. The van der Waals surface area contributed by atoms with Gasteiger partial charge in [-0.2, -0.15) is 0 Å². The summed E-state index contributed by atoms with van der Waals surface area (Å²) in [6.07, 6.45) is 0. The number of rotatable bonds is 2. The maximum Gasteiger partial charge on any atom is 0.273 e. The Hall–Kier alpha value is -3.80. The summed E-state index contributed by atoms with van der Waals surface area (Å²) < 4.78 is 55.7. The molecule has 0 radical (unpaired) electrons. The van der Waals surface area contributed by atoms with E-state index in [9.17, 15) is 20.2 Å². The first-order valence-electron chi connectivity index (χ1n) is 14.1. The first kappa shape index (κ1) is 34.7. The Balaban J connectivity index is 1.49. The fourth-order valence-electron chi connectivity index (χ4n) is 3.61. The highest BCUT2D eigenvalue weighted by Gasteiger charge is 2.15. The van der Waals surface area contributed by atoms with E-state index in [2.05, 4.69) is 0 Å². The number of benzene rings is 2. The molecular weight excluding hydrogens is 588 g/mol. The molecule has 44 heavy (non-hydrogen) atoms. The SMILES string of the molecule is O=[N+]([O-])c1ccc2c(c1)OCCOCCOCCOCCOCCOc1ccc([N+](=O)[O-])cc1OCCOCCOCCO2. The Bertz CT molecular complexity index is 1140. The van der Waals surface area contributed by atoms with Crippen LogP contribution in [0.1, 0.15) is 0 Å². The summed E-state index contributed by atoms with van der Waals surface area (Å²) in [5, 5.41) is 22.4. The van der Waals surface area contributed by atoms with Crippen molar-refractivity contribution >= 4 is 11.4 Å². The molecule has 0 saturated carbocycles. The lowest BCUT2D eigenvalue weighted by molar-refractivity contribution is -0.385. The third kappa shape index (κ3) is 13.7. The van der Waals surface area contributed by atoms with Gasteiger partial charge in [-0.1, -0.05) is 0 Å². The van der Waals surface area contributed by atoms with Gasteiger partial charge in [-0.3, -0.25) is 20.2 Å². The van der Waals surface area contributed by atoms with Gasteiger partial charge in [0.15, 0.2) is 23.0 Å². The minimum absolute atomic E-state index is 0.126. The fraction of sp³-hybridized carbons (Fsp3) is 0.571. The van der Waals surface area contributed by atoms with Crippen LogP contribution >= 0.6 is 0 Å². The van der Waals surface area contributed by atoms with Crippen LogP contribution in [0, 0.1) is 20.2 Å². The molecule has 0 aliphatic carbocycles. The number of hydrogen-bond donors (Lipinski definition) is 0. The van der Waals surface area contributed by atoms with E-state index in [1.54, 1.807) is 0 Å². The zero-order valence-electron chi connectivity index (χ0n) is 24.4. The van der Waals surface area contributed by atoms with Crippen molar-refractivity contribution in [1.29, 1.82) is 0 Å². The first-order chi connectivity index (χ1) is 21.5. The Kier molecular flexibility index (Phi) is 16.5. The zero-order valence-corrected chi connectivity index (χ0v) is 24.4. The minimum atomic E-state index is -0.513. The largest absolute Gasteiger partial charge is 0.487 e. The normalized spacial score (nSPS) is 18.0. The Morgan fingerprint density at radius 3 is 0.909 bits per heavy atom. The van der Waals surface area contributed by atoms with Gasteiger partial charge in [0.25, 0.3) is 11.4 Å². The molecule has 2 aromatic rings. The number of nitro benzene ring substituents is 2. The van der Waals surface area contributed by atoms with Crippen molar-refractivity contribution in [3.63, 3.8) is 0 Å². The van der Waals surface area contributed by atoms with Crippen LogP contribution in [-0.4, -0.2) is 116 Å². The van der Waals surface area contributed by atoms with Crippen molar-refractivity contribution < 1.29 is 57.2 Å². The summed E-state index contributed by atoms with van der Waals surface area (Å²) >= 11 is 0. The highest BCUT2D eigenvalue weighted by atomic mass is 16.6. The number of nitrogens with zero attached hydrogens (tertiary/aromatic N) is 2. The topological polar surface area (TPSA) is 179 Å². The van der Waals surface area contributed by atoms with Gasteiger partial charge in [0.1, 0.15) is 26.4 Å². The third-order valence-corrected chi connectivity index (χ3v) is 5.71. The lowest BCUT2D eigenvalue weighted by Crippen LogP contribution is -2.15. The summed E-state index contributed by atoms with van der Waals surface area (Å²) in [7, 11) is 0. The average molecular weight is 627 g/mol. The molecule has 1 aliphatic rings. The van der Waals surface area contributed by atoms with E-state index in [4.69, 9.17) is 47.4 Å². The summed E-state index contributed by atoms with van der Waals surface area (Å²) in [4.78, 5) is 21.4. The van der Waals surface area contributed by atoms with Gasteiger partial charge in [0, 0.05) is 12.1 Å². The first-order valence-corrected chi connectivity index (χ1v) is 14.1. The maximum absolute atomic E-state index is 11.2. The van der Waals surface area contributed by atoms with E-state index in [0.717, 1.165) is 0 Å². The van der Waals surface area contributed by atoms with Gasteiger partial charge < -0.3 is 47.4 Å². The molecule has 0 spiro atoms. The number of ether oxygens (including phenoxy) is 10. The Morgan fingerprint density at radius 1 is 0.386 bits per heavy atom. The average Bonchev–Trinajstić information content (AvgIpc) is 3.01. The minimum Gasteiger partial charge on any atom is -0.487 e. The van der Waals surface area contributed by atoms with Crippen molar-refractivity contribution in [2.45, 2.75) is 0 Å². The molecule has 0 saturated heterocycles. The number of fused-ring (bicyclic) bond motifs is 2. The van der Waals surface area contributed by atoms with E-state index in [1.165, 1.54) is 36.4 Å². The predicted molar refractivity (Wildman–Crippen MR) is 153 cm³/mol. The van der Waals surface area contributed by atoms with Gasteiger partial charge in [-0.05, 0) is 12.1 Å². The highest BCUT2D eigenvalue weighted by Crippen LogP contribution is 2.32. The van der Waals surface area contributed by atoms with Gasteiger partial charge >= 0.3 is 0 Å². The zero-order chi connectivity index (χ0) is 31.2. The molecule has 1 heterocycles. The van der Waals surface area contributed by atoms with E-state index in [0.29, 0.717) is 51.1 Å². The maximum atomic E-state index is 11.2. The van der Waals surface area contributed by atoms with Crippen LogP contribution in [0.15, 0.2) is 36.4 Å². The summed E-state index contributed by atoms with van der Waals surface area (Å²) in [6.45, 7) is 4.43. The standard InChI is InChI=1S/C28H38N2O14/c31-29(32)23-2-4-26-27(21-23)43-19-15-39-10-8-36-6-5-35-7-9-37-13-17-41-25-3-1-24(30(33)34)22-28(25)44-20-16-40-12-11-38-14-18-42-26/h1-4,21-22H,5-20H2. The summed E-state index contributed by atoms with van der Waals surface area (Å²) in [5.74, 6) is 1.13. The molecular formula is C28H38N2O14. The second kappa shape index (κ2) is 21.0. The van der Waals surface area contributed by atoms with Gasteiger partial charge in [0.2, 0.25) is 0 Å². The van der Waals surface area contributed by atoms with E-state index < -0.39 is 9.85 Å². The number of hydrogen-bond acceptors (Lipinski definition) is 14. The lowest BCUT2D eigenvalue weighted by Gasteiger charge is -2.14. The van der Waals surface area contributed by atoms with Crippen LogP contribution in [0.5, 0.6) is 23.0 Å². The molecule has 3 rings (SSSR count). The smallest absolute Gasteiger partial charge is 0.273 e. The Labute approximate surface area is 254 Å². The molecule has 0 atom stereocenters. The van der Waals surface area contributed by atoms with Crippen molar-refractivity contribution in [3.05, 3.63) is 56.6 Å². The quantitative estimate of drug-likeness (QED) is 0.351. The number of nitro groups is 2. The predicted octanol–water partition coefficient (Wildman–Crippen LogP) is 2.83. The third-order valence-electron chi connectivity index (χ3n) is 5.71. The van der Waals surface area contributed by atoms with E-state index in [1.807, 2.05) is 0 Å². The molecule has 0 amide bonds. The second-order valence-electron chi connectivity index (χ2n) is 8.84. The molecule has 0 N–H and O–H groups in total. The molecule has 0 aromatic heterocycles. The summed E-state index contributed by atoms with van der Waals surface area (Å²) in [5.41, 5.74) is -0.252. The van der Waals surface area contributed by atoms with Crippen molar-refractivity contribution in [2.75, 3.05) is 106 Å². The second-order valence-corrected chi connectivity index (χ2v) is 8.84. The molecule has 1 aliphatic heterocycles. The fourth-order valence-corrected chi connectivity index (χ4v) is 3.61. The molecule has 0 bridgehead atoms. The molecule has 0 fully saturated rings. The van der Waals surface area contributed by atoms with Crippen LogP contribution < -0.4 is 18.9 Å². The van der Waals surface area contributed by atoms with Crippen LogP contribution in [0.2, 0.25) is 0 Å². The van der Waals surface area contributed by atoms with Crippen LogP contribution in [-0.2, 0) is 28.4 Å². The molecule has 2 aromatic carbocycles. The van der Waals surface area contributed by atoms with E-state index in [-0.39, 0.29) is 88.9 Å². The van der Waals surface area contributed by atoms with Gasteiger partial charge in [-0.25, -0.2) is 0 Å². The Morgan fingerprint density at radius 2 is 0.636 bits per heavy atom. The highest BCUT2D eigenvalue weighted by molar-refractivity contribution is 5.49. The van der Waals surface area contributed by atoms with Crippen LogP contribution in [0.4, 0.5) is 11.4 Å². The van der Waals surface area contributed by atoms with Gasteiger partial charge in [0.05, 0.1) is 101 Å².